The maximum Gasteiger partial charge on any atom is 0.212 e. The van der Waals surface area contributed by atoms with E-state index in [0.717, 1.165) is 5.56 Å². The molecule has 0 spiro atoms. The topological polar surface area (TPSA) is 81.4 Å². The normalized spacial score (nSPS) is 13.4. The van der Waals surface area contributed by atoms with Gasteiger partial charge in [-0.05, 0) is 24.9 Å². The van der Waals surface area contributed by atoms with Crippen molar-refractivity contribution in [2.45, 2.75) is 18.9 Å². The molecule has 5 nitrogen and oxygen atoms in total. The van der Waals surface area contributed by atoms with Gasteiger partial charge >= 0.3 is 0 Å². The lowest BCUT2D eigenvalue weighted by atomic mass is 10.2. The number of nitrogens with two attached hydrogens (primary N) is 1. The minimum absolute atomic E-state index is 0.0712. The molecular weight excluding hydrogens is 264 g/mol. The highest BCUT2D eigenvalue weighted by molar-refractivity contribution is 7.89. The van der Waals surface area contributed by atoms with Crippen molar-refractivity contribution in [3.63, 3.8) is 0 Å². The Morgan fingerprint density at radius 1 is 1.32 bits per heavy atom. The molecule has 108 valence electrons. The van der Waals surface area contributed by atoms with Gasteiger partial charge in [0.2, 0.25) is 10.0 Å². The molecule has 1 aromatic carbocycles. The van der Waals surface area contributed by atoms with Crippen molar-refractivity contribution < 1.29 is 13.2 Å². The maximum absolute atomic E-state index is 12.0. The molecule has 1 atom stereocenters. The van der Waals surface area contributed by atoms with Crippen LogP contribution in [-0.2, 0) is 21.2 Å². The van der Waals surface area contributed by atoms with E-state index in [4.69, 9.17) is 10.5 Å². The molecule has 0 radical (unpaired) electrons. The fraction of sp³-hybridized carbons (Fsp3) is 0.538. The van der Waals surface area contributed by atoms with Crippen molar-refractivity contribution in [2.75, 3.05) is 26.0 Å². The molecule has 0 aliphatic carbocycles. The lowest BCUT2D eigenvalue weighted by Gasteiger charge is -2.17. The molecule has 0 aromatic heterocycles. The van der Waals surface area contributed by atoms with E-state index >= 15 is 0 Å². The minimum Gasteiger partial charge on any atom is -0.383 e. The Morgan fingerprint density at radius 2 is 2.00 bits per heavy atom. The molecule has 6 heteroatoms. The zero-order valence-electron chi connectivity index (χ0n) is 11.2. The first-order chi connectivity index (χ1) is 9.07. The summed E-state index contributed by atoms with van der Waals surface area (Å²) >= 11 is 0. The standard InChI is InChI=1S/C13H22N2O3S/c1-18-11-13(7-9-14)15-19(16,17)10-8-12-5-3-2-4-6-12/h2-6,13,15H,7-11,14H2,1H3. The van der Waals surface area contributed by atoms with Gasteiger partial charge in [-0.15, -0.1) is 0 Å². The van der Waals surface area contributed by atoms with Gasteiger partial charge < -0.3 is 10.5 Å². The molecule has 0 saturated carbocycles. The molecule has 0 aliphatic heterocycles. The third-order valence-corrected chi connectivity index (χ3v) is 4.17. The van der Waals surface area contributed by atoms with Gasteiger partial charge in [-0.2, -0.15) is 0 Å². The van der Waals surface area contributed by atoms with Crippen molar-refractivity contribution in [2.24, 2.45) is 5.73 Å². The first-order valence-corrected chi connectivity index (χ1v) is 7.95. The number of methoxy groups -OCH3 is 1. The largest absolute Gasteiger partial charge is 0.383 e. The van der Waals surface area contributed by atoms with Crippen LogP contribution in [0, 0.1) is 0 Å². The van der Waals surface area contributed by atoms with E-state index < -0.39 is 10.0 Å². The van der Waals surface area contributed by atoms with Gasteiger partial charge in [0.1, 0.15) is 0 Å². The van der Waals surface area contributed by atoms with Crippen molar-refractivity contribution in [1.29, 1.82) is 0 Å². The fourth-order valence-corrected chi connectivity index (χ4v) is 3.10. The Labute approximate surface area is 115 Å². The van der Waals surface area contributed by atoms with E-state index in [2.05, 4.69) is 4.72 Å². The Kier molecular flexibility index (Phi) is 7.01. The SMILES string of the molecule is COCC(CCN)NS(=O)(=O)CCc1ccccc1. The van der Waals surface area contributed by atoms with Gasteiger partial charge in [-0.25, -0.2) is 13.1 Å². The monoisotopic (exact) mass is 286 g/mol. The Hall–Kier alpha value is -0.950. The van der Waals surface area contributed by atoms with E-state index in [1.165, 1.54) is 0 Å². The smallest absolute Gasteiger partial charge is 0.212 e. The van der Waals surface area contributed by atoms with Gasteiger partial charge in [0.15, 0.2) is 0 Å². The summed E-state index contributed by atoms with van der Waals surface area (Å²) in [5, 5.41) is 0. The lowest BCUT2D eigenvalue weighted by Crippen LogP contribution is -2.40. The highest BCUT2D eigenvalue weighted by Gasteiger charge is 2.17. The third-order valence-electron chi connectivity index (χ3n) is 2.73. The number of sulfonamides is 1. The summed E-state index contributed by atoms with van der Waals surface area (Å²) in [6, 6.07) is 9.29. The summed E-state index contributed by atoms with van der Waals surface area (Å²) in [5.41, 5.74) is 6.46. The lowest BCUT2D eigenvalue weighted by molar-refractivity contribution is 0.172. The summed E-state index contributed by atoms with van der Waals surface area (Å²) in [5.74, 6) is 0.0712. The van der Waals surface area contributed by atoms with Gasteiger partial charge in [-0.3, -0.25) is 0 Å². The molecule has 0 fully saturated rings. The molecule has 1 aromatic rings. The minimum atomic E-state index is -3.31. The molecule has 1 rings (SSSR count). The van der Waals surface area contributed by atoms with E-state index in [-0.39, 0.29) is 11.8 Å². The Morgan fingerprint density at radius 3 is 2.58 bits per heavy atom. The predicted octanol–water partition coefficient (Wildman–Crippen LogP) is 0.512. The van der Waals surface area contributed by atoms with Crippen LogP contribution in [0.1, 0.15) is 12.0 Å². The Bertz CT molecular complexity index is 442. The van der Waals surface area contributed by atoms with Crippen molar-refractivity contribution >= 4 is 10.0 Å². The number of hydrogen-bond donors (Lipinski definition) is 2. The third kappa shape index (κ3) is 6.68. The summed E-state index contributed by atoms with van der Waals surface area (Å²) in [6.45, 7) is 0.761. The van der Waals surface area contributed by atoms with E-state index in [0.29, 0.717) is 26.0 Å². The summed E-state index contributed by atoms with van der Waals surface area (Å²) in [4.78, 5) is 0. The van der Waals surface area contributed by atoms with Crippen LogP contribution < -0.4 is 10.5 Å². The number of benzene rings is 1. The second kappa shape index (κ2) is 8.27. The highest BCUT2D eigenvalue weighted by Crippen LogP contribution is 2.03. The number of rotatable bonds is 9. The van der Waals surface area contributed by atoms with Gasteiger partial charge in [0.05, 0.1) is 12.4 Å². The van der Waals surface area contributed by atoms with Gasteiger partial charge in [0, 0.05) is 13.2 Å². The van der Waals surface area contributed by atoms with Crippen LogP contribution >= 0.6 is 0 Å². The van der Waals surface area contributed by atoms with Gasteiger partial charge in [-0.1, -0.05) is 30.3 Å². The quantitative estimate of drug-likeness (QED) is 0.693. The van der Waals surface area contributed by atoms with Gasteiger partial charge in [0.25, 0.3) is 0 Å². The van der Waals surface area contributed by atoms with Crippen LogP contribution in [0.4, 0.5) is 0 Å². The van der Waals surface area contributed by atoms with Crippen LogP contribution in [0.5, 0.6) is 0 Å². The van der Waals surface area contributed by atoms with Crippen molar-refractivity contribution in [1.82, 2.24) is 4.72 Å². The zero-order valence-corrected chi connectivity index (χ0v) is 12.0. The van der Waals surface area contributed by atoms with E-state index in [1.807, 2.05) is 30.3 Å². The molecule has 0 amide bonds. The first kappa shape index (κ1) is 16.1. The fourth-order valence-electron chi connectivity index (χ4n) is 1.79. The van der Waals surface area contributed by atoms with Crippen LogP contribution in [0.2, 0.25) is 0 Å². The molecule has 0 bridgehead atoms. The molecule has 19 heavy (non-hydrogen) atoms. The second-order valence-electron chi connectivity index (χ2n) is 4.40. The van der Waals surface area contributed by atoms with Crippen LogP contribution in [0.3, 0.4) is 0 Å². The Balaban J connectivity index is 2.50. The zero-order chi connectivity index (χ0) is 14.1. The van der Waals surface area contributed by atoms with E-state index in [1.54, 1.807) is 7.11 Å². The predicted molar refractivity (Wildman–Crippen MR) is 76.4 cm³/mol. The first-order valence-electron chi connectivity index (χ1n) is 6.30. The number of ether oxygens (including phenoxy) is 1. The van der Waals surface area contributed by atoms with Crippen molar-refractivity contribution in [3.8, 4) is 0 Å². The average Bonchev–Trinajstić information content (AvgIpc) is 2.38. The second-order valence-corrected chi connectivity index (χ2v) is 6.28. The number of nitrogens with one attached hydrogen (secondary N) is 1. The average molecular weight is 286 g/mol. The van der Waals surface area contributed by atoms with Crippen LogP contribution in [-0.4, -0.2) is 40.5 Å². The number of aryl methyl sites for hydroxylation is 1. The van der Waals surface area contributed by atoms with Crippen LogP contribution in [0.15, 0.2) is 30.3 Å². The summed E-state index contributed by atoms with van der Waals surface area (Å²) in [6.07, 6.45) is 1.07. The summed E-state index contributed by atoms with van der Waals surface area (Å²) < 4.78 is 31.5. The van der Waals surface area contributed by atoms with Crippen molar-refractivity contribution in [3.05, 3.63) is 35.9 Å². The van der Waals surface area contributed by atoms with E-state index in [9.17, 15) is 8.42 Å². The molecule has 1 unspecified atom stereocenters. The molecular formula is C13H22N2O3S. The molecule has 3 N–H and O–H groups in total. The number of hydrogen-bond acceptors (Lipinski definition) is 4. The van der Waals surface area contributed by atoms with Crippen LogP contribution in [0.25, 0.3) is 0 Å². The molecule has 0 aliphatic rings. The molecule has 0 saturated heterocycles. The summed E-state index contributed by atoms with van der Waals surface area (Å²) in [7, 11) is -1.77. The maximum atomic E-state index is 12.0. The molecule has 0 heterocycles. The highest BCUT2D eigenvalue weighted by atomic mass is 32.2.